The number of carbonyl (C=O) groups is 1. The molecule has 1 aliphatic carbocycles. The molecular formula is C17H18Br3NO3S. The largest absolute Gasteiger partial charge is 0.292 e. The molecule has 0 aliphatic heterocycles. The van der Waals surface area contributed by atoms with Gasteiger partial charge in [-0.2, -0.15) is 12.8 Å². The van der Waals surface area contributed by atoms with Crippen LogP contribution >= 0.6 is 47.8 Å². The van der Waals surface area contributed by atoms with Crippen LogP contribution < -0.4 is 0 Å². The molecular weight excluding hydrogens is 538 g/mol. The first-order valence-corrected chi connectivity index (χ1v) is 11.5. The number of Topliss-reactive ketones (excluding diaryl/α,β-unsaturated/α-hetero) is 1. The average molecular weight is 556 g/mol. The Morgan fingerprint density at radius 1 is 1.20 bits per heavy atom. The van der Waals surface area contributed by atoms with Crippen LogP contribution in [0, 0.1) is 12.8 Å². The number of allylic oxidation sites excluding steroid dienone is 2. The van der Waals surface area contributed by atoms with Crippen LogP contribution in [0.15, 0.2) is 43.6 Å². The number of hydrogen-bond acceptors (Lipinski definition) is 3. The molecule has 25 heavy (non-hydrogen) atoms. The zero-order valence-corrected chi connectivity index (χ0v) is 19.8. The van der Waals surface area contributed by atoms with Gasteiger partial charge in [-0.15, -0.1) is 0 Å². The van der Waals surface area contributed by atoms with Crippen LogP contribution in [0.4, 0.5) is 0 Å². The van der Waals surface area contributed by atoms with E-state index in [0.29, 0.717) is 15.8 Å². The monoisotopic (exact) mass is 553 g/mol. The van der Waals surface area contributed by atoms with Crippen LogP contribution in [-0.4, -0.2) is 29.1 Å². The molecule has 0 amide bonds. The Labute approximate surface area is 173 Å². The maximum absolute atomic E-state index is 12.8. The Hall–Kier alpha value is -0.310. The SMILES string of the molecule is Cc1ccc(S(=O)(=O)/N=C2\C(C(C)C)=C(Br)C(=O)C(C)(Br)C2Br)cc1. The van der Waals surface area contributed by atoms with E-state index < -0.39 is 19.2 Å². The summed E-state index contributed by atoms with van der Waals surface area (Å²) in [7, 11) is -3.90. The molecule has 0 radical (unpaired) electrons. The predicted molar refractivity (Wildman–Crippen MR) is 112 cm³/mol. The zero-order valence-electron chi connectivity index (χ0n) is 14.2. The van der Waals surface area contributed by atoms with E-state index in [1.165, 1.54) is 12.1 Å². The summed E-state index contributed by atoms with van der Waals surface area (Å²) in [5.41, 5.74) is 1.90. The lowest BCUT2D eigenvalue weighted by molar-refractivity contribution is -0.116. The van der Waals surface area contributed by atoms with E-state index >= 15 is 0 Å². The summed E-state index contributed by atoms with van der Waals surface area (Å²) >= 11 is 10.2. The topological polar surface area (TPSA) is 63.6 Å². The summed E-state index contributed by atoms with van der Waals surface area (Å²) in [5, 5.41) is 0. The van der Waals surface area contributed by atoms with Crippen molar-refractivity contribution in [2.75, 3.05) is 0 Å². The van der Waals surface area contributed by atoms with E-state index in [1.54, 1.807) is 19.1 Å². The molecule has 0 fully saturated rings. The second-order valence-corrected chi connectivity index (χ2v) is 11.4. The molecule has 1 aromatic rings. The molecule has 0 saturated carbocycles. The van der Waals surface area contributed by atoms with Gasteiger partial charge in [0.2, 0.25) is 0 Å². The summed E-state index contributed by atoms with van der Waals surface area (Å²) in [6.07, 6.45) is 0. The Morgan fingerprint density at radius 3 is 2.20 bits per heavy atom. The van der Waals surface area contributed by atoms with Crippen LogP contribution in [0.5, 0.6) is 0 Å². The highest BCUT2D eigenvalue weighted by molar-refractivity contribution is 9.13. The van der Waals surface area contributed by atoms with E-state index in [9.17, 15) is 13.2 Å². The molecule has 2 rings (SSSR count). The molecule has 0 spiro atoms. The molecule has 0 aromatic heterocycles. The number of carbonyl (C=O) groups excluding carboxylic acids is 1. The third-order valence-corrected chi connectivity index (χ3v) is 8.86. The number of nitrogens with zero attached hydrogens (tertiary/aromatic N) is 1. The summed E-state index contributed by atoms with van der Waals surface area (Å²) < 4.78 is 29.0. The van der Waals surface area contributed by atoms with E-state index in [0.717, 1.165) is 5.56 Å². The Kier molecular flexibility index (Phi) is 6.19. The van der Waals surface area contributed by atoms with Crippen molar-refractivity contribution in [2.45, 2.75) is 41.7 Å². The van der Waals surface area contributed by atoms with Gasteiger partial charge in [0.15, 0.2) is 5.78 Å². The number of aryl methyl sites for hydroxylation is 1. The highest BCUT2D eigenvalue weighted by Gasteiger charge is 2.48. The van der Waals surface area contributed by atoms with E-state index in [1.807, 2.05) is 20.8 Å². The third-order valence-electron chi connectivity index (χ3n) is 3.99. The van der Waals surface area contributed by atoms with Crippen LogP contribution in [0.3, 0.4) is 0 Å². The van der Waals surface area contributed by atoms with Crippen molar-refractivity contribution in [2.24, 2.45) is 10.3 Å². The number of halogens is 3. The maximum Gasteiger partial charge on any atom is 0.282 e. The molecule has 0 saturated heterocycles. The Morgan fingerprint density at radius 2 is 1.72 bits per heavy atom. The summed E-state index contributed by atoms with van der Waals surface area (Å²) in [6, 6.07) is 6.53. The van der Waals surface area contributed by atoms with Crippen molar-refractivity contribution in [3.05, 3.63) is 39.9 Å². The van der Waals surface area contributed by atoms with Crippen LogP contribution in [0.1, 0.15) is 26.3 Å². The fourth-order valence-electron chi connectivity index (χ4n) is 2.49. The molecule has 0 heterocycles. The van der Waals surface area contributed by atoms with Gasteiger partial charge in [-0.25, -0.2) is 0 Å². The average Bonchev–Trinajstić information content (AvgIpc) is 2.51. The molecule has 4 nitrogen and oxygen atoms in total. The fraction of sp³-hybridized carbons (Fsp3) is 0.412. The number of benzene rings is 1. The molecule has 136 valence electrons. The quantitative estimate of drug-likeness (QED) is 0.497. The van der Waals surface area contributed by atoms with Crippen LogP contribution in [0.2, 0.25) is 0 Å². The predicted octanol–water partition coefficient (Wildman–Crippen LogP) is 4.93. The number of ketones is 1. The van der Waals surface area contributed by atoms with Crippen molar-refractivity contribution >= 4 is 69.3 Å². The second-order valence-electron chi connectivity index (χ2n) is 6.41. The third kappa shape index (κ3) is 4.01. The zero-order chi connectivity index (χ0) is 19.2. The Balaban J connectivity index is 2.70. The minimum Gasteiger partial charge on any atom is -0.292 e. The van der Waals surface area contributed by atoms with Crippen molar-refractivity contribution in [3.8, 4) is 0 Å². The van der Waals surface area contributed by atoms with Gasteiger partial charge in [-0.1, -0.05) is 63.4 Å². The summed E-state index contributed by atoms with van der Waals surface area (Å²) in [6.45, 7) is 7.38. The van der Waals surface area contributed by atoms with Crippen molar-refractivity contribution < 1.29 is 13.2 Å². The molecule has 1 aromatic carbocycles. The molecule has 0 bridgehead atoms. The van der Waals surface area contributed by atoms with Gasteiger partial charge in [0.05, 0.1) is 19.9 Å². The number of rotatable bonds is 3. The molecule has 2 atom stereocenters. The van der Waals surface area contributed by atoms with Gasteiger partial charge in [0.1, 0.15) is 4.32 Å². The van der Waals surface area contributed by atoms with Gasteiger partial charge in [-0.05, 0) is 53.4 Å². The Bertz CT molecular complexity index is 869. The molecule has 1 aliphatic rings. The minimum absolute atomic E-state index is 0.0751. The number of alkyl halides is 2. The minimum atomic E-state index is -3.90. The fourth-order valence-corrected chi connectivity index (χ4v) is 5.99. The van der Waals surface area contributed by atoms with E-state index in [-0.39, 0.29) is 16.6 Å². The maximum atomic E-state index is 12.8. The number of hydrogen-bond donors (Lipinski definition) is 0. The van der Waals surface area contributed by atoms with Crippen LogP contribution in [-0.2, 0) is 14.8 Å². The van der Waals surface area contributed by atoms with Gasteiger partial charge in [-0.3, -0.25) is 4.79 Å². The molecule has 2 unspecified atom stereocenters. The highest BCUT2D eigenvalue weighted by atomic mass is 79.9. The van der Waals surface area contributed by atoms with Crippen molar-refractivity contribution in [3.63, 3.8) is 0 Å². The summed E-state index contributed by atoms with van der Waals surface area (Å²) in [4.78, 5) is 12.2. The number of sulfonamides is 1. The first kappa shape index (κ1) is 21.0. The van der Waals surface area contributed by atoms with Gasteiger partial charge < -0.3 is 0 Å². The van der Waals surface area contributed by atoms with Crippen LogP contribution in [0.25, 0.3) is 0 Å². The van der Waals surface area contributed by atoms with Gasteiger partial charge in [0.25, 0.3) is 10.0 Å². The smallest absolute Gasteiger partial charge is 0.282 e. The first-order chi connectivity index (χ1) is 11.4. The lowest BCUT2D eigenvalue weighted by atomic mass is 9.83. The first-order valence-electron chi connectivity index (χ1n) is 7.59. The molecule has 0 N–H and O–H groups in total. The normalized spacial score (nSPS) is 26.6. The highest BCUT2D eigenvalue weighted by Crippen LogP contribution is 2.43. The standard InChI is InChI=1S/C17H18Br3NO3S/c1-9(2)12-13(18)16(22)17(4,20)15(19)14(12)21-25(23,24)11-7-5-10(3)6-8-11/h5-9,15H,1-4H3/b21-14+. The lowest BCUT2D eigenvalue weighted by Gasteiger charge is -2.35. The van der Waals surface area contributed by atoms with Gasteiger partial charge in [0, 0.05) is 0 Å². The van der Waals surface area contributed by atoms with E-state index in [2.05, 4.69) is 52.2 Å². The lowest BCUT2D eigenvalue weighted by Crippen LogP contribution is -2.48. The molecule has 8 heteroatoms. The van der Waals surface area contributed by atoms with Gasteiger partial charge >= 0.3 is 0 Å². The van der Waals surface area contributed by atoms with Crippen molar-refractivity contribution in [1.82, 2.24) is 0 Å². The summed E-state index contributed by atoms with van der Waals surface area (Å²) in [5.74, 6) is -0.223. The van der Waals surface area contributed by atoms with Crippen molar-refractivity contribution in [1.29, 1.82) is 0 Å². The van der Waals surface area contributed by atoms with E-state index in [4.69, 9.17) is 0 Å². The second kappa shape index (κ2) is 7.37.